The van der Waals surface area contributed by atoms with Crippen LogP contribution in [-0.2, 0) is 0 Å². The predicted molar refractivity (Wildman–Crippen MR) is 79.1 cm³/mol. The summed E-state index contributed by atoms with van der Waals surface area (Å²) in [5, 5.41) is 19.6. The van der Waals surface area contributed by atoms with Gasteiger partial charge in [-0.25, -0.2) is 4.98 Å². The van der Waals surface area contributed by atoms with Crippen molar-refractivity contribution in [1.29, 1.82) is 0 Å². The smallest absolute Gasteiger partial charge is 0.224 e. The normalized spacial score (nSPS) is 11.7. The molecule has 1 heterocycles. The lowest BCUT2D eigenvalue weighted by Crippen LogP contribution is -1.99. The van der Waals surface area contributed by atoms with Crippen LogP contribution in [0.2, 0.25) is 0 Å². The summed E-state index contributed by atoms with van der Waals surface area (Å²) in [6.45, 7) is 0. The van der Waals surface area contributed by atoms with E-state index in [0.29, 0.717) is 5.52 Å². The summed E-state index contributed by atoms with van der Waals surface area (Å²) in [5.74, 6) is -0.729. The second-order valence-electron chi connectivity index (χ2n) is 4.51. The molecule has 0 unspecified atom stereocenters. The summed E-state index contributed by atoms with van der Waals surface area (Å²) in [6.07, 6.45) is 1.03. The molecule has 2 aromatic carbocycles. The molecular formula is C16H12N2O3. The number of aromatic nitrogens is 2. The summed E-state index contributed by atoms with van der Waals surface area (Å²) >= 11 is 0. The van der Waals surface area contributed by atoms with Gasteiger partial charge in [-0.1, -0.05) is 24.3 Å². The molecule has 21 heavy (non-hydrogen) atoms. The van der Waals surface area contributed by atoms with E-state index in [-0.39, 0.29) is 22.9 Å². The average Bonchev–Trinajstić information content (AvgIpc) is 2.91. The van der Waals surface area contributed by atoms with Gasteiger partial charge in [0.05, 0.1) is 16.6 Å². The van der Waals surface area contributed by atoms with Crippen molar-refractivity contribution in [1.82, 2.24) is 9.97 Å². The molecule has 0 aliphatic carbocycles. The largest absolute Gasteiger partial charge is 0.507 e. The average molecular weight is 280 g/mol. The number of para-hydroxylation sites is 3. The molecule has 5 nitrogen and oxygen atoms in total. The zero-order chi connectivity index (χ0) is 14.8. The molecule has 104 valence electrons. The third-order valence-corrected chi connectivity index (χ3v) is 3.07. The Labute approximate surface area is 120 Å². The number of allylic oxidation sites excluding steroid dienone is 1. The van der Waals surface area contributed by atoms with Crippen molar-refractivity contribution in [2.24, 2.45) is 0 Å². The predicted octanol–water partition coefficient (Wildman–Crippen LogP) is 3.05. The Morgan fingerprint density at radius 2 is 1.81 bits per heavy atom. The van der Waals surface area contributed by atoms with E-state index >= 15 is 0 Å². The van der Waals surface area contributed by atoms with Gasteiger partial charge in [-0.3, -0.25) is 4.79 Å². The van der Waals surface area contributed by atoms with Gasteiger partial charge in [-0.2, -0.15) is 0 Å². The Morgan fingerprint density at radius 3 is 2.57 bits per heavy atom. The van der Waals surface area contributed by atoms with Crippen LogP contribution in [-0.4, -0.2) is 26.0 Å². The zero-order valence-electron chi connectivity index (χ0n) is 10.9. The number of H-pyrrole nitrogens is 1. The SMILES string of the molecule is O=C(/C=C(\O)c1ccccc1O)c1nc2ccccc2[nH]1. The minimum Gasteiger partial charge on any atom is -0.507 e. The Bertz CT molecular complexity index is 816. The van der Waals surface area contributed by atoms with Crippen molar-refractivity contribution in [3.63, 3.8) is 0 Å². The molecular weight excluding hydrogens is 268 g/mol. The highest BCUT2D eigenvalue weighted by molar-refractivity contribution is 6.07. The first-order valence-corrected chi connectivity index (χ1v) is 6.33. The van der Waals surface area contributed by atoms with Crippen LogP contribution in [0, 0.1) is 0 Å². The third-order valence-electron chi connectivity index (χ3n) is 3.07. The van der Waals surface area contributed by atoms with Gasteiger partial charge in [0.1, 0.15) is 11.5 Å². The highest BCUT2D eigenvalue weighted by Gasteiger charge is 2.12. The summed E-state index contributed by atoms with van der Waals surface area (Å²) in [7, 11) is 0. The molecule has 0 aliphatic rings. The molecule has 3 rings (SSSR count). The topological polar surface area (TPSA) is 86.2 Å². The van der Waals surface area contributed by atoms with E-state index in [1.54, 1.807) is 18.2 Å². The minimum atomic E-state index is -0.466. The summed E-state index contributed by atoms with van der Waals surface area (Å²) in [5.41, 5.74) is 1.62. The Hall–Kier alpha value is -3.08. The first kappa shape index (κ1) is 12.9. The summed E-state index contributed by atoms with van der Waals surface area (Å²) < 4.78 is 0. The molecule has 0 radical (unpaired) electrons. The van der Waals surface area contributed by atoms with Crippen molar-refractivity contribution in [2.75, 3.05) is 0 Å². The number of carbonyl (C=O) groups is 1. The highest BCUT2D eigenvalue weighted by Crippen LogP contribution is 2.23. The molecule has 0 aliphatic heterocycles. The number of rotatable bonds is 3. The summed E-state index contributed by atoms with van der Waals surface area (Å²) in [6, 6.07) is 13.5. The number of hydrogen-bond donors (Lipinski definition) is 3. The number of carbonyl (C=O) groups excluding carboxylic acids is 1. The number of benzene rings is 2. The van der Waals surface area contributed by atoms with Crippen LogP contribution in [0.15, 0.2) is 54.6 Å². The van der Waals surface area contributed by atoms with Crippen molar-refractivity contribution in [3.05, 3.63) is 66.0 Å². The number of imidazole rings is 1. The Morgan fingerprint density at radius 1 is 1.10 bits per heavy atom. The van der Waals surface area contributed by atoms with Crippen molar-refractivity contribution in [2.45, 2.75) is 0 Å². The van der Waals surface area contributed by atoms with E-state index in [0.717, 1.165) is 11.6 Å². The van der Waals surface area contributed by atoms with Crippen LogP contribution in [0.4, 0.5) is 0 Å². The highest BCUT2D eigenvalue weighted by atomic mass is 16.3. The molecule has 1 aromatic heterocycles. The first-order valence-electron chi connectivity index (χ1n) is 6.33. The maximum Gasteiger partial charge on any atom is 0.224 e. The number of phenolic OH excluding ortho intramolecular Hbond substituents is 1. The fourth-order valence-corrected chi connectivity index (χ4v) is 2.03. The molecule has 0 spiro atoms. The van der Waals surface area contributed by atoms with E-state index in [2.05, 4.69) is 9.97 Å². The zero-order valence-corrected chi connectivity index (χ0v) is 10.9. The third kappa shape index (κ3) is 2.49. The standard InChI is InChI=1S/C16H12N2O3/c19-13-8-4-1-5-10(13)14(20)9-15(21)16-17-11-6-2-3-7-12(11)18-16/h1-9,19-20H,(H,17,18)/b14-9-. The van der Waals surface area contributed by atoms with Crippen LogP contribution in [0.25, 0.3) is 16.8 Å². The number of fused-ring (bicyclic) bond motifs is 1. The molecule has 5 heteroatoms. The van der Waals surface area contributed by atoms with Crippen molar-refractivity contribution in [3.8, 4) is 5.75 Å². The lowest BCUT2D eigenvalue weighted by atomic mass is 10.1. The molecule has 0 bridgehead atoms. The molecule has 3 aromatic rings. The summed E-state index contributed by atoms with van der Waals surface area (Å²) in [4.78, 5) is 19.1. The second kappa shape index (κ2) is 5.13. The van der Waals surface area contributed by atoms with Gasteiger partial charge in [0.25, 0.3) is 0 Å². The fraction of sp³-hybridized carbons (Fsp3) is 0. The van der Waals surface area contributed by atoms with Crippen LogP contribution in [0.3, 0.4) is 0 Å². The lowest BCUT2D eigenvalue weighted by Gasteiger charge is -2.02. The minimum absolute atomic E-state index is 0.0938. The van der Waals surface area contributed by atoms with Gasteiger partial charge >= 0.3 is 0 Å². The molecule has 0 amide bonds. The number of aliphatic hydroxyl groups excluding tert-OH is 1. The van der Waals surface area contributed by atoms with E-state index in [1.165, 1.54) is 12.1 Å². The number of hydrogen-bond acceptors (Lipinski definition) is 4. The number of phenols is 1. The maximum atomic E-state index is 12.1. The molecule has 0 atom stereocenters. The van der Waals surface area contributed by atoms with Crippen molar-refractivity contribution < 1.29 is 15.0 Å². The van der Waals surface area contributed by atoms with E-state index in [9.17, 15) is 15.0 Å². The van der Waals surface area contributed by atoms with Crippen LogP contribution in [0.5, 0.6) is 5.75 Å². The first-order chi connectivity index (χ1) is 10.1. The van der Waals surface area contributed by atoms with E-state index in [1.807, 2.05) is 18.2 Å². The van der Waals surface area contributed by atoms with Crippen LogP contribution < -0.4 is 0 Å². The Kier molecular flexibility index (Phi) is 3.16. The molecule has 0 saturated carbocycles. The molecule has 0 fully saturated rings. The van der Waals surface area contributed by atoms with Gasteiger partial charge in [0.2, 0.25) is 5.78 Å². The van der Waals surface area contributed by atoms with Gasteiger partial charge in [-0.05, 0) is 24.3 Å². The lowest BCUT2D eigenvalue weighted by molar-refractivity contribution is 0.103. The van der Waals surface area contributed by atoms with Gasteiger partial charge < -0.3 is 15.2 Å². The number of aromatic hydroxyl groups is 1. The van der Waals surface area contributed by atoms with Gasteiger partial charge in [0.15, 0.2) is 5.82 Å². The molecule has 0 saturated heterocycles. The van der Waals surface area contributed by atoms with E-state index in [4.69, 9.17) is 0 Å². The monoisotopic (exact) mass is 280 g/mol. The number of nitrogens with zero attached hydrogens (tertiary/aromatic N) is 1. The number of nitrogens with one attached hydrogen (secondary N) is 1. The van der Waals surface area contributed by atoms with Crippen LogP contribution in [0.1, 0.15) is 16.2 Å². The van der Waals surface area contributed by atoms with Gasteiger partial charge in [-0.15, -0.1) is 0 Å². The van der Waals surface area contributed by atoms with Crippen molar-refractivity contribution >= 4 is 22.6 Å². The number of ketones is 1. The van der Waals surface area contributed by atoms with E-state index < -0.39 is 5.78 Å². The second-order valence-corrected chi connectivity index (χ2v) is 4.51. The quantitative estimate of drug-likeness (QED) is 0.391. The number of aliphatic hydroxyl groups is 1. The maximum absolute atomic E-state index is 12.1. The van der Waals surface area contributed by atoms with Gasteiger partial charge in [0, 0.05) is 6.08 Å². The molecule has 3 N–H and O–H groups in total. The number of aromatic amines is 1. The fourth-order valence-electron chi connectivity index (χ4n) is 2.03. The Balaban J connectivity index is 1.95. The van der Waals surface area contributed by atoms with Crippen LogP contribution >= 0.6 is 0 Å².